The minimum absolute atomic E-state index is 0.107. The molecular formula is C22H28FN3O2. The number of piperazine rings is 1. The highest BCUT2D eigenvalue weighted by Crippen LogP contribution is 2.23. The van der Waals surface area contributed by atoms with E-state index >= 15 is 0 Å². The molecule has 0 aliphatic carbocycles. The third kappa shape index (κ3) is 4.62. The standard InChI is InChI=1S/C22H28FN3O2/c1-17(18-8-10-19(28-3)11-9-18)24(2)16-22(27)26-14-12-25(13-15-26)21-7-5-4-6-20(21)23/h4-11,17H,12-16H2,1-3H3. The van der Waals surface area contributed by atoms with E-state index in [9.17, 15) is 9.18 Å². The Kier molecular flexibility index (Phi) is 6.52. The number of hydrogen-bond acceptors (Lipinski definition) is 4. The van der Waals surface area contributed by atoms with Gasteiger partial charge in [-0.3, -0.25) is 9.69 Å². The predicted molar refractivity (Wildman–Crippen MR) is 109 cm³/mol. The van der Waals surface area contributed by atoms with Crippen LogP contribution >= 0.6 is 0 Å². The number of likely N-dealkylation sites (N-methyl/N-ethyl adjacent to an activating group) is 1. The molecule has 0 spiro atoms. The molecule has 0 aromatic heterocycles. The SMILES string of the molecule is COc1ccc(C(C)N(C)CC(=O)N2CCN(c3ccccc3F)CC2)cc1. The van der Waals surface area contributed by atoms with Crippen LogP contribution in [0.1, 0.15) is 18.5 Å². The Morgan fingerprint density at radius 1 is 1.11 bits per heavy atom. The Hall–Kier alpha value is -2.60. The van der Waals surface area contributed by atoms with Crippen molar-refractivity contribution in [2.45, 2.75) is 13.0 Å². The first-order valence-corrected chi connectivity index (χ1v) is 9.61. The Bertz CT molecular complexity index is 789. The monoisotopic (exact) mass is 385 g/mol. The first kappa shape index (κ1) is 20.1. The van der Waals surface area contributed by atoms with Gasteiger partial charge < -0.3 is 14.5 Å². The van der Waals surface area contributed by atoms with Gasteiger partial charge in [0.05, 0.1) is 19.3 Å². The smallest absolute Gasteiger partial charge is 0.236 e. The van der Waals surface area contributed by atoms with Crippen LogP contribution in [0.5, 0.6) is 5.75 Å². The van der Waals surface area contributed by atoms with Crippen LogP contribution in [0.25, 0.3) is 0 Å². The molecule has 1 aliphatic heterocycles. The quantitative estimate of drug-likeness (QED) is 0.765. The van der Waals surface area contributed by atoms with Crippen molar-refractivity contribution in [3.05, 3.63) is 59.9 Å². The molecule has 150 valence electrons. The molecule has 1 fully saturated rings. The van der Waals surface area contributed by atoms with Gasteiger partial charge in [-0.1, -0.05) is 24.3 Å². The van der Waals surface area contributed by atoms with Crippen molar-refractivity contribution in [1.82, 2.24) is 9.80 Å². The Morgan fingerprint density at radius 3 is 2.36 bits per heavy atom. The number of methoxy groups -OCH3 is 1. The molecule has 28 heavy (non-hydrogen) atoms. The molecule has 2 aromatic rings. The van der Waals surface area contributed by atoms with Crippen molar-refractivity contribution in [3.63, 3.8) is 0 Å². The summed E-state index contributed by atoms with van der Waals surface area (Å²) in [4.78, 5) is 18.6. The third-order valence-corrected chi connectivity index (χ3v) is 5.47. The molecule has 5 nitrogen and oxygen atoms in total. The molecule has 0 bridgehead atoms. The van der Waals surface area contributed by atoms with Gasteiger partial charge in [0.1, 0.15) is 11.6 Å². The molecule has 2 aromatic carbocycles. The summed E-state index contributed by atoms with van der Waals surface area (Å²) in [6.07, 6.45) is 0. The molecule has 1 saturated heterocycles. The van der Waals surface area contributed by atoms with Crippen LogP contribution < -0.4 is 9.64 Å². The van der Waals surface area contributed by atoms with Crippen molar-refractivity contribution >= 4 is 11.6 Å². The maximum atomic E-state index is 14.0. The zero-order valence-corrected chi connectivity index (χ0v) is 16.8. The molecule has 1 amide bonds. The summed E-state index contributed by atoms with van der Waals surface area (Å²) in [5.74, 6) is 0.716. The number of nitrogens with zero attached hydrogens (tertiary/aromatic N) is 3. The van der Waals surface area contributed by atoms with Crippen molar-refractivity contribution < 1.29 is 13.9 Å². The van der Waals surface area contributed by atoms with E-state index in [2.05, 4.69) is 6.92 Å². The van der Waals surface area contributed by atoms with E-state index in [1.54, 1.807) is 19.2 Å². The Balaban J connectivity index is 1.52. The van der Waals surface area contributed by atoms with E-state index in [4.69, 9.17) is 4.74 Å². The first-order chi connectivity index (χ1) is 13.5. The molecule has 1 unspecified atom stereocenters. The van der Waals surface area contributed by atoms with Crippen LogP contribution in [0.3, 0.4) is 0 Å². The van der Waals surface area contributed by atoms with Crippen molar-refractivity contribution in [3.8, 4) is 5.75 Å². The number of para-hydroxylation sites is 1. The second-order valence-electron chi connectivity index (χ2n) is 7.18. The molecule has 1 aliphatic rings. The van der Waals surface area contributed by atoms with Gasteiger partial charge in [-0.15, -0.1) is 0 Å². The number of ether oxygens (including phenoxy) is 1. The third-order valence-electron chi connectivity index (χ3n) is 5.47. The van der Waals surface area contributed by atoms with Gasteiger partial charge in [-0.05, 0) is 43.8 Å². The maximum absolute atomic E-state index is 14.0. The van der Waals surface area contributed by atoms with Gasteiger partial charge >= 0.3 is 0 Å². The Morgan fingerprint density at radius 2 is 1.75 bits per heavy atom. The summed E-state index contributed by atoms with van der Waals surface area (Å²) in [5.41, 5.74) is 1.75. The molecule has 1 atom stereocenters. The van der Waals surface area contributed by atoms with Gasteiger partial charge in [-0.25, -0.2) is 4.39 Å². The average molecular weight is 385 g/mol. The van der Waals surface area contributed by atoms with Crippen molar-refractivity contribution in [2.24, 2.45) is 0 Å². The predicted octanol–water partition coefficient (Wildman–Crippen LogP) is 3.18. The molecule has 1 heterocycles. The van der Waals surface area contributed by atoms with E-state index in [1.807, 2.05) is 52.1 Å². The molecule has 3 rings (SSSR count). The number of benzene rings is 2. The van der Waals surface area contributed by atoms with Gasteiger partial charge in [-0.2, -0.15) is 0 Å². The van der Waals surface area contributed by atoms with Gasteiger partial charge in [0, 0.05) is 32.2 Å². The van der Waals surface area contributed by atoms with Crippen LogP contribution in [0, 0.1) is 5.82 Å². The number of halogens is 1. The van der Waals surface area contributed by atoms with E-state index in [0.29, 0.717) is 38.4 Å². The minimum atomic E-state index is -0.213. The fraction of sp³-hybridized carbons (Fsp3) is 0.409. The highest BCUT2D eigenvalue weighted by atomic mass is 19.1. The van der Waals surface area contributed by atoms with E-state index < -0.39 is 0 Å². The second-order valence-corrected chi connectivity index (χ2v) is 7.18. The largest absolute Gasteiger partial charge is 0.497 e. The molecule has 6 heteroatoms. The van der Waals surface area contributed by atoms with Gasteiger partial charge in [0.25, 0.3) is 0 Å². The number of anilines is 1. The lowest BCUT2D eigenvalue weighted by molar-refractivity contribution is -0.132. The summed E-state index contributed by atoms with van der Waals surface area (Å²) in [6.45, 7) is 4.95. The van der Waals surface area contributed by atoms with Crippen LogP contribution in [-0.2, 0) is 4.79 Å². The highest BCUT2D eigenvalue weighted by Gasteiger charge is 2.24. The zero-order valence-electron chi connectivity index (χ0n) is 16.8. The lowest BCUT2D eigenvalue weighted by atomic mass is 10.1. The van der Waals surface area contributed by atoms with Gasteiger partial charge in [0.15, 0.2) is 0 Å². The topological polar surface area (TPSA) is 36.0 Å². The van der Waals surface area contributed by atoms with Crippen LogP contribution in [0.2, 0.25) is 0 Å². The van der Waals surface area contributed by atoms with E-state index in [0.717, 1.165) is 11.3 Å². The Labute approximate surface area is 166 Å². The first-order valence-electron chi connectivity index (χ1n) is 9.61. The molecule has 0 saturated carbocycles. The average Bonchev–Trinajstić information content (AvgIpc) is 2.73. The highest BCUT2D eigenvalue weighted by molar-refractivity contribution is 5.78. The molecular weight excluding hydrogens is 357 g/mol. The van der Waals surface area contributed by atoms with Crippen LogP contribution in [0.4, 0.5) is 10.1 Å². The number of hydrogen-bond donors (Lipinski definition) is 0. The fourth-order valence-corrected chi connectivity index (χ4v) is 3.49. The summed E-state index contributed by atoms with van der Waals surface area (Å²) in [7, 11) is 3.61. The van der Waals surface area contributed by atoms with Crippen LogP contribution in [0.15, 0.2) is 48.5 Å². The maximum Gasteiger partial charge on any atom is 0.236 e. The number of carbonyl (C=O) groups excluding carboxylic acids is 1. The van der Waals surface area contributed by atoms with Crippen molar-refractivity contribution in [2.75, 3.05) is 51.8 Å². The van der Waals surface area contributed by atoms with Crippen LogP contribution in [-0.4, -0.2) is 62.6 Å². The number of rotatable bonds is 6. The number of carbonyl (C=O) groups is 1. The lowest BCUT2D eigenvalue weighted by Gasteiger charge is -2.37. The van der Waals surface area contributed by atoms with E-state index in [1.165, 1.54) is 6.07 Å². The van der Waals surface area contributed by atoms with Crippen molar-refractivity contribution in [1.29, 1.82) is 0 Å². The lowest BCUT2D eigenvalue weighted by Crippen LogP contribution is -2.51. The summed E-state index contributed by atoms with van der Waals surface area (Å²) < 4.78 is 19.2. The summed E-state index contributed by atoms with van der Waals surface area (Å²) in [6, 6.07) is 14.8. The second kappa shape index (κ2) is 9.06. The molecule has 0 radical (unpaired) electrons. The fourth-order valence-electron chi connectivity index (χ4n) is 3.49. The van der Waals surface area contributed by atoms with E-state index in [-0.39, 0.29) is 17.8 Å². The number of amides is 1. The minimum Gasteiger partial charge on any atom is -0.497 e. The zero-order chi connectivity index (χ0) is 20.1. The molecule has 0 N–H and O–H groups in total. The normalized spacial score (nSPS) is 15.6. The summed E-state index contributed by atoms with van der Waals surface area (Å²) in [5, 5.41) is 0. The summed E-state index contributed by atoms with van der Waals surface area (Å²) >= 11 is 0. The van der Waals surface area contributed by atoms with Gasteiger partial charge in [0.2, 0.25) is 5.91 Å².